The van der Waals surface area contributed by atoms with Gasteiger partial charge in [-0.3, -0.25) is 14.2 Å². The quantitative estimate of drug-likeness (QED) is 0.0161. The van der Waals surface area contributed by atoms with Crippen molar-refractivity contribution < 1.29 is 37.3 Å². The monoisotopic (exact) mass is 1080 g/mol. The van der Waals surface area contributed by atoms with Gasteiger partial charge < -0.3 is 28.5 Å². The van der Waals surface area contributed by atoms with Crippen molar-refractivity contribution in [2.75, 3.05) is 40.9 Å². The van der Waals surface area contributed by atoms with Crippen molar-refractivity contribution in [1.82, 2.24) is 5.32 Å². The molecule has 0 aliphatic carbocycles. The Labute approximate surface area is 471 Å². The number of allylic oxidation sites excluding steroid dienone is 25. The molecule has 0 aromatic carbocycles. The smallest absolute Gasteiger partial charge is 0.306 e. The van der Waals surface area contributed by atoms with Gasteiger partial charge >= 0.3 is 5.97 Å². The number of quaternary nitrogens is 1. The van der Waals surface area contributed by atoms with Crippen molar-refractivity contribution in [3.63, 3.8) is 0 Å². The minimum atomic E-state index is -4.73. The summed E-state index contributed by atoms with van der Waals surface area (Å²) in [6.45, 7) is 6.49. The number of phosphoric acid groups is 1. The van der Waals surface area contributed by atoms with Gasteiger partial charge in [-0.2, -0.15) is 0 Å². The summed E-state index contributed by atoms with van der Waals surface area (Å²) >= 11 is 0. The molecule has 434 valence electrons. The van der Waals surface area contributed by atoms with E-state index >= 15 is 0 Å². The summed E-state index contributed by atoms with van der Waals surface area (Å²) in [6.07, 6.45) is 80.7. The number of nitrogens with zero attached hydrogens (tertiary/aromatic N) is 1. The van der Waals surface area contributed by atoms with Crippen LogP contribution in [-0.2, 0) is 27.9 Å². The highest BCUT2D eigenvalue weighted by Gasteiger charge is 2.27. The largest absolute Gasteiger partial charge is 0.756 e. The lowest BCUT2D eigenvalue weighted by Crippen LogP contribution is -2.47. The number of amides is 1. The van der Waals surface area contributed by atoms with Gasteiger partial charge in [0.2, 0.25) is 5.91 Å². The molecule has 0 fully saturated rings. The molecule has 0 aliphatic heterocycles. The van der Waals surface area contributed by atoms with Gasteiger partial charge in [-0.15, -0.1) is 0 Å². The Balaban J connectivity index is 5.39. The number of esters is 1. The fourth-order valence-electron chi connectivity index (χ4n) is 7.55. The molecule has 1 amide bonds. The van der Waals surface area contributed by atoms with E-state index in [1.165, 1.54) is 44.9 Å². The van der Waals surface area contributed by atoms with Crippen LogP contribution in [0.15, 0.2) is 158 Å². The number of hydrogen-bond donors (Lipinski definition) is 1. The first kappa shape index (κ1) is 72.6. The topological polar surface area (TPSA) is 114 Å². The van der Waals surface area contributed by atoms with Crippen molar-refractivity contribution >= 4 is 19.7 Å². The Hall–Kier alpha value is -4.37. The number of carbonyl (C=O) groups excluding carboxylic acids is 2. The van der Waals surface area contributed by atoms with E-state index in [4.69, 9.17) is 13.8 Å². The zero-order chi connectivity index (χ0) is 56.4. The summed E-state index contributed by atoms with van der Waals surface area (Å²) in [5.41, 5.74) is 0. The number of hydrogen-bond acceptors (Lipinski definition) is 7. The normalized spacial score (nSPS) is 14.8. The Morgan fingerprint density at radius 3 is 1.42 bits per heavy atom. The van der Waals surface area contributed by atoms with Crippen molar-refractivity contribution in [3.8, 4) is 0 Å². The van der Waals surface area contributed by atoms with E-state index < -0.39 is 32.5 Å². The molecule has 0 aliphatic rings. The zero-order valence-corrected chi connectivity index (χ0v) is 50.2. The highest BCUT2D eigenvalue weighted by molar-refractivity contribution is 7.45. The van der Waals surface area contributed by atoms with E-state index in [0.717, 1.165) is 109 Å². The van der Waals surface area contributed by atoms with Crippen molar-refractivity contribution in [3.05, 3.63) is 158 Å². The van der Waals surface area contributed by atoms with E-state index in [1.807, 2.05) is 88.0 Å². The van der Waals surface area contributed by atoms with Gasteiger partial charge in [0.1, 0.15) is 19.3 Å². The predicted octanol–water partition coefficient (Wildman–Crippen LogP) is 17.8. The number of carbonyl (C=O) groups is 2. The lowest BCUT2D eigenvalue weighted by atomic mass is 10.1. The maximum Gasteiger partial charge on any atom is 0.306 e. The first-order valence-electron chi connectivity index (χ1n) is 29.9. The molecule has 0 aromatic heterocycles. The minimum Gasteiger partial charge on any atom is -0.756 e. The molecule has 0 heterocycles. The summed E-state index contributed by atoms with van der Waals surface area (Å²) in [6, 6.07) is -0.933. The third-order valence-corrected chi connectivity index (χ3v) is 13.1. The second-order valence-corrected chi connectivity index (χ2v) is 21.9. The van der Waals surface area contributed by atoms with Gasteiger partial charge in [0, 0.05) is 12.8 Å². The molecule has 0 aromatic rings. The second-order valence-electron chi connectivity index (χ2n) is 20.5. The Bertz CT molecular complexity index is 1870. The van der Waals surface area contributed by atoms with E-state index in [9.17, 15) is 19.0 Å². The molecule has 3 atom stereocenters. The highest BCUT2D eigenvalue weighted by Crippen LogP contribution is 2.38. The highest BCUT2D eigenvalue weighted by atomic mass is 31.2. The van der Waals surface area contributed by atoms with Crippen LogP contribution in [-0.4, -0.2) is 69.4 Å². The third-order valence-electron chi connectivity index (χ3n) is 12.1. The summed E-state index contributed by atoms with van der Waals surface area (Å²) < 4.78 is 30.2. The number of nitrogens with one attached hydrogen (secondary N) is 1. The van der Waals surface area contributed by atoms with Gasteiger partial charge in [0.15, 0.2) is 0 Å². The standard InChI is InChI=1S/C67H109N2O7P/c1-7-10-13-16-19-22-25-27-29-31-32-33-34-35-36-38-39-41-44-47-50-53-56-59-66(70)68-64(63-75-77(72,73)74-62-61-69(4,5)6)65(58-55-52-49-46-43-24-21-18-15-12-9-3)76-67(71)60-57-54-51-48-45-42-40-37-30-28-26-23-20-17-14-11-8-2/h10-11,13-14,17,19-20,22-23,26-30,32-33,35-37,39-42,45,55,58,64-65H,7-9,12,15-16,18,21,24-25,31,34,38,43-44,46-54,56-57,59-63H2,1-6H3,(H-,68,70,72,73)/b13-10-,14-11-,20-17+,22-19-,26-23+,29-27-,30-28-,33-32-,36-35-,40-37+,41-39-,45-42+,58-55-. The molecule has 10 heteroatoms. The lowest BCUT2D eigenvalue weighted by molar-refractivity contribution is -0.870. The van der Waals surface area contributed by atoms with Crippen LogP contribution in [0.5, 0.6) is 0 Å². The number of unbranched alkanes of at least 4 members (excludes halogenated alkanes) is 16. The van der Waals surface area contributed by atoms with Crippen molar-refractivity contribution in [2.45, 2.75) is 213 Å². The average Bonchev–Trinajstić information content (AvgIpc) is 3.39. The summed E-state index contributed by atoms with van der Waals surface area (Å²) in [4.78, 5) is 39.9. The molecular formula is C67H109N2O7P. The first-order valence-corrected chi connectivity index (χ1v) is 31.3. The summed E-state index contributed by atoms with van der Waals surface area (Å²) in [5, 5.41) is 2.99. The van der Waals surface area contributed by atoms with Crippen LogP contribution in [0.1, 0.15) is 201 Å². The Morgan fingerprint density at radius 1 is 0.481 bits per heavy atom. The number of ether oxygens (including phenoxy) is 1. The minimum absolute atomic E-state index is 0.0456. The van der Waals surface area contributed by atoms with Crippen LogP contribution < -0.4 is 10.2 Å². The van der Waals surface area contributed by atoms with Crippen LogP contribution in [0.4, 0.5) is 0 Å². The number of rotatable bonds is 51. The van der Waals surface area contributed by atoms with Gasteiger partial charge in [-0.25, -0.2) is 0 Å². The third kappa shape index (κ3) is 56.2. The van der Waals surface area contributed by atoms with Gasteiger partial charge in [-0.05, 0) is 102 Å². The van der Waals surface area contributed by atoms with Gasteiger partial charge in [-0.1, -0.05) is 243 Å². The predicted molar refractivity (Wildman–Crippen MR) is 329 cm³/mol. The summed E-state index contributed by atoms with van der Waals surface area (Å²) in [7, 11) is 1.11. The van der Waals surface area contributed by atoms with E-state index in [1.54, 1.807) is 6.08 Å². The van der Waals surface area contributed by atoms with Crippen LogP contribution >= 0.6 is 7.82 Å². The molecule has 0 radical (unpaired) electrons. The van der Waals surface area contributed by atoms with Crippen molar-refractivity contribution in [1.29, 1.82) is 0 Å². The molecule has 3 unspecified atom stereocenters. The molecule has 1 N–H and O–H groups in total. The average molecular weight is 1090 g/mol. The number of likely N-dealkylation sites (N-methyl/N-ethyl adjacent to an activating group) is 1. The molecule has 9 nitrogen and oxygen atoms in total. The van der Waals surface area contributed by atoms with Crippen LogP contribution in [0.3, 0.4) is 0 Å². The molecular weight excluding hydrogens is 976 g/mol. The molecule has 0 saturated heterocycles. The maximum atomic E-state index is 13.5. The maximum absolute atomic E-state index is 13.5. The summed E-state index contributed by atoms with van der Waals surface area (Å²) in [5.74, 6) is -0.638. The lowest BCUT2D eigenvalue weighted by Gasteiger charge is -2.30. The molecule has 0 bridgehead atoms. The van der Waals surface area contributed by atoms with Gasteiger partial charge in [0.05, 0.1) is 33.8 Å². The van der Waals surface area contributed by atoms with Crippen LogP contribution in [0.2, 0.25) is 0 Å². The molecule has 0 rings (SSSR count). The second kappa shape index (κ2) is 55.0. The van der Waals surface area contributed by atoms with E-state index in [2.05, 4.69) is 111 Å². The zero-order valence-electron chi connectivity index (χ0n) is 49.3. The molecule has 77 heavy (non-hydrogen) atoms. The fraction of sp³-hybridized carbons (Fsp3) is 0.582. The van der Waals surface area contributed by atoms with Gasteiger partial charge in [0.25, 0.3) is 7.82 Å². The fourth-order valence-corrected chi connectivity index (χ4v) is 8.28. The molecule has 0 saturated carbocycles. The van der Waals surface area contributed by atoms with Crippen LogP contribution in [0, 0.1) is 0 Å². The Morgan fingerprint density at radius 2 is 0.896 bits per heavy atom. The SMILES string of the molecule is CC\C=C/C=C/C=C/C=C\C=C\C=C\CCCCCC(=O)OC(/C=C\CCCCCCCCCCC)C(COP(=O)([O-])OCC[N+](C)(C)C)NC(=O)CCCCCC/C=C\C/C=C\C/C=C\C/C=C\C/C=C\C/C=C\CC. The number of phosphoric ester groups is 1. The van der Waals surface area contributed by atoms with E-state index in [0.29, 0.717) is 23.9 Å². The Kier molecular flexibility index (Phi) is 51.8. The van der Waals surface area contributed by atoms with E-state index in [-0.39, 0.29) is 25.4 Å². The molecule has 0 spiro atoms. The van der Waals surface area contributed by atoms with Crippen molar-refractivity contribution in [2.24, 2.45) is 0 Å². The first-order chi connectivity index (χ1) is 37.4. The van der Waals surface area contributed by atoms with Crippen LogP contribution in [0.25, 0.3) is 0 Å².